The molecule has 0 spiro atoms. The zero-order chi connectivity index (χ0) is 10.7. The van der Waals surface area contributed by atoms with Crippen LogP contribution in [0.4, 0.5) is 5.69 Å². The van der Waals surface area contributed by atoms with E-state index >= 15 is 0 Å². The highest BCUT2D eigenvalue weighted by Crippen LogP contribution is 2.24. The van der Waals surface area contributed by atoms with Crippen LogP contribution >= 0.6 is 15.9 Å². The molecule has 2 nitrogen and oxygen atoms in total. The fourth-order valence-corrected chi connectivity index (χ4v) is 1.53. The Balaban J connectivity index is 2.98. The molecule has 0 amide bonds. The van der Waals surface area contributed by atoms with Crippen molar-refractivity contribution >= 4 is 27.3 Å². The summed E-state index contributed by atoms with van der Waals surface area (Å²) in [6.45, 7) is 8.06. The van der Waals surface area contributed by atoms with Crippen molar-refractivity contribution < 1.29 is 0 Å². The fraction of sp³-hybridized carbons (Fsp3) is 0.364. The third kappa shape index (κ3) is 2.84. The first-order valence-electron chi connectivity index (χ1n) is 4.54. The van der Waals surface area contributed by atoms with E-state index in [1.54, 1.807) is 0 Å². The number of nitrogens with one attached hydrogen (secondary N) is 1. The van der Waals surface area contributed by atoms with Crippen molar-refractivity contribution in [3.8, 4) is 0 Å². The summed E-state index contributed by atoms with van der Waals surface area (Å²) in [5.74, 6) is 0. The van der Waals surface area contributed by atoms with Gasteiger partial charge in [-0.05, 0) is 51.0 Å². The normalized spacial score (nSPS) is 9.79. The van der Waals surface area contributed by atoms with E-state index in [9.17, 15) is 0 Å². The minimum Gasteiger partial charge on any atom is -0.278 e. The average molecular weight is 255 g/mol. The van der Waals surface area contributed by atoms with Crippen LogP contribution in [0.15, 0.2) is 21.7 Å². The molecule has 0 saturated heterocycles. The molecule has 0 saturated carbocycles. The lowest BCUT2D eigenvalue weighted by atomic mass is 10.1. The minimum atomic E-state index is 1.02. The van der Waals surface area contributed by atoms with Crippen LogP contribution in [0.2, 0.25) is 0 Å². The molecule has 0 aliphatic heterocycles. The number of hydrogen-bond acceptors (Lipinski definition) is 2. The maximum Gasteiger partial charge on any atom is 0.0594 e. The average Bonchev–Trinajstić information content (AvgIpc) is 2.09. The summed E-state index contributed by atoms with van der Waals surface area (Å²) in [4.78, 5) is 0. The first-order chi connectivity index (χ1) is 6.50. The Morgan fingerprint density at radius 2 is 1.86 bits per heavy atom. The van der Waals surface area contributed by atoms with Gasteiger partial charge in [0.25, 0.3) is 0 Å². The highest BCUT2D eigenvalue weighted by Gasteiger charge is 2.01. The lowest BCUT2D eigenvalue weighted by molar-refractivity contribution is 1.26. The second kappa shape index (κ2) is 4.60. The summed E-state index contributed by atoms with van der Waals surface area (Å²) in [5, 5.41) is 4.18. The third-order valence-corrected chi connectivity index (χ3v) is 2.76. The van der Waals surface area contributed by atoms with Crippen molar-refractivity contribution in [3.05, 3.63) is 27.7 Å². The van der Waals surface area contributed by atoms with Gasteiger partial charge in [0.05, 0.1) is 5.69 Å². The predicted octanol–water partition coefficient (Wildman–Crippen LogP) is 3.87. The number of hydrogen-bond donors (Lipinski definition) is 1. The van der Waals surface area contributed by atoms with Gasteiger partial charge >= 0.3 is 0 Å². The van der Waals surface area contributed by atoms with Crippen molar-refractivity contribution in [2.75, 3.05) is 5.43 Å². The molecule has 0 atom stereocenters. The zero-order valence-electron chi connectivity index (χ0n) is 8.98. The number of rotatable bonds is 2. The van der Waals surface area contributed by atoms with Crippen molar-refractivity contribution in [2.45, 2.75) is 27.7 Å². The van der Waals surface area contributed by atoms with Gasteiger partial charge in [-0.2, -0.15) is 5.10 Å². The summed E-state index contributed by atoms with van der Waals surface area (Å²) in [6.07, 6.45) is 0. The first-order valence-corrected chi connectivity index (χ1v) is 5.33. The quantitative estimate of drug-likeness (QED) is 0.629. The summed E-state index contributed by atoms with van der Waals surface area (Å²) in [5.41, 5.74) is 7.53. The maximum absolute atomic E-state index is 4.18. The van der Waals surface area contributed by atoms with Gasteiger partial charge in [0.2, 0.25) is 0 Å². The molecule has 0 fully saturated rings. The second-order valence-corrected chi connectivity index (χ2v) is 4.44. The molecule has 0 aromatic heterocycles. The van der Waals surface area contributed by atoms with Gasteiger partial charge in [0, 0.05) is 10.2 Å². The molecule has 1 aromatic carbocycles. The molecule has 0 radical (unpaired) electrons. The second-order valence-electron chi connectivity index (χ2n) is 3.59. The van der Waals surface area contributed by atoms with E-state index in [0.29, 0.717) is 0 Å². The van der Waals surface area contributed by atoms with Crippen LogP contribution in [-0.2, 0) is 0 Å². The molecule has 0 heterocycles. The van der Waals surface area contributed by atoms with Gasteiger partial charge in [-0.15, -0.1) is 0 Å². The number of benzene rings is 1. The predicted molar refractivity (Wildman–Crippen MR) is 66.0 cm³/mol. The number of halogens is 1. The molecule has 1 rings (SSSR count). The number of aryl methyl sites for hydroxylation is 2. The summed E-state index contributed by atoms with van der Waals surface area (Å²) in [6, 6.07) is 4.18. The largest absolute Gasteiger partial charge is 0.278 e. The van der Waals surface area contributed by atoms with Gasteiger partial charge in [-0.3, -0.25) is 5.43 Å². The fourth-order valence-electron chi connectivity index (χ4n) is 1.07. The van der Waals surface area contributed by atoms with Crippen LogP contribution in [0, 0.1) is 13.8 Å². The Kier molecular flexibility index (Phi) is 3.69. The molecule has 0 aliphatic carbocycles. The zero-order valence-corrected chi connectivity index (χ0v) is 10.6. The Morgan fingerprint density at radius 1 is 1.21 bits per heavy atom. The molecule has 14 heavy (non-hydrogen) atoms. The monoisotopic (exact) mass is 254 g/mol. The van der Waals surface area contributed by atoms with Crippen LogP contribution in [0.3, 0.4) is 0 Å². The minimum absolute atomic E-state index is 1.02. The van der Waals surface area contributed by atoms with Gasteiger partial charge in [-0.1, -0.05) is 15.9 Å². The Labute approximate surface area is 93.5 Å². The van der Waals surface area contributed by atoms with Crippen LogP contribution in [-0.4, -0.2) is 5.71 Å². The van der Waals surface area contributed by atoms with Gasteiger partial charge in [-0.25, -0.2) is 0 Å². The molecule has 1 N–H and O–H groups in total. The van der Waals surface area contributed by atoms with E-state index in [0.717, 1.165) is 15.9 Å². The molecule has 3 heteroatoms. The van der Waals surface area contributed by atoms with Crippen molar-refractivity contribution in [1.82, 2.24) is 0 Å². The molecular formula is C11H15BrN2. The third-order valence-electron chi connectivity index (χ3n) is 1.91. The van der Waals surface area contributed by atoms with Gasteiger partial charge in [0.1, 0.15) is 0 Å². The van der Waals surface area contributed by atoms with Crippen molar-refractivity contribution in [3.63, 3.8) is 0 Å². The van der Waals surface area contributed by atoms with Crippen LogP contribution < -0.4 is 5.43 Å². The number of hydrazone groups is 1. The van der Waals surface area contributed by atoms with Crippen LogP contribution in [0.1, 0.15) is 25.0 Å². The van der Waals surface area contributed by atoms with E-state index in [2.05, 4.69) is 52.4 Å². The molecule has 1 aromatic rings. The van der Waals surface area contributed by atoms with Crippen LogP contribution in [0.5, 0.6) is 0 Å². The lowest BCUT2D eigenvalue weighted by Gasteiger charge is -2.08. The summed E-state index contributed by atoms with van der Waals surface area (Å²) >= 11 is 3.50. The molecule has 76 valence electrons. The molecule has 0 aliphatic rings. The van der Waals surface area contributed by atoms with Gasteiger partial charge < -0.3 is 0 Å². The highest BCUT2D eigenvalue weighted by atomic mass is 79.9. The van der Waals surface area contributed by atoms with E-state index in [-0.39, 0.29) is 0 Å². The van der Waals surface area contributed by atoms with Crippen molar-refractivity contribution in [2.24, 2.45) is 5.10 Å². The number of nitrogens with zero attached hydrogens (tertiary/aromatic N) is 1. The van der Waals surface area contributed by atoms with Crippen LogP contribution in [0.25, 0.3) is 0 Å². The van der Waals surface area contributed by atoms with E-state index in [1.165, 1.54) is 11.1 Å². The topological polar surface area (TPSA) is 24.4 Å². The first kappa shape index (κ1) is 11.2. The Bertz CT molecular complexity index is 366. The number of anilines is 1. The molecule has 0 bridgehead atoms. The maximum atomic E-state index is 4.18. The van der Waals surface area contributed by atoms with E-state index in [4.69, 9.17) is 0 Å². The summed E-state index contributed by atoms with van der Waals surface area (Å²) < 4.78 is 1.14. The Hall–Kier alpha value is -0.830. The van der Waals surface area contributed by atoms with E-state index < -0.39 is 0 Å². The highest BCUT2D eigenvalue weighted by molar-refractivity contribution is 9.10. The lowest BCUT2D eigenvalue weighted by Crippen LogP contribution is -1.96. The Morgan fingerprint density at radius 3 is 2.43 bits per heavy atom. The standard InChI is InChI=1S/C11H15BrN2/c1-7(2)13-14-11-6-8(3)10(12)5-9(11)4/h5-6,14H,1-4H3. The SMILES string of the molecule is CC(C)=NNc1cc(C)c(Br)cc1C. The van der Waals surface area contributed by atoms with Gasteiger partial charge in [0.15, 0.2) is 0 Å². The molecule has 0 unspecified atom stereocenters. The van der Waals surface area contributed by atoms with Crippen molar-refractivity contribution in [1.29, 1.82) is 0 Å². The van der Waals surface area contributed by atoms with E-state index in [1.807, 2.05) is 13.8 Å². The smallest absolute Gasteiger partial charge is 0.0594 e. The summed E-state index contributed by atoms with van der Waals surface area (Å²) in [7, 11) is 0. The molecular weight excluding hydrogens is 240 g/mol.